The summed E-state index contributed by atoms with van der Waals surface area (Å²) in [5.74, 6) is -1.83. The Labute approximate surface area is 661 Å². The topological polar surface area (TPSA) is 851 Å². The minimum atomic E-state index is -2.62. The molecule has 9 fully saturated rings. The molecule has 0 saturated carbocycles. The Morgan fingerprint density at radius 1 is 0.291 bits per heavy atom. The van der Waals surface area contributed by atoms with Crippen LogP contribution in [-0.2, 0) is 94.9 Å². The van der Waals surface area contributed by atoms with Crippen molar-refractivity contribution in [2.75, 3.05) is 72.7 Å². The molecule has 53 nitrogen and oxygen atoms in total. The fourth-order valence-corrected chi connectivity index (χ4v) is 14.6. The first-order valence-corrected chi connectivity index (χ1v) is 37.1. The maximum atomic E-state index is 13.0. The maximum absolute atomic E-state index is 13.0. The summed E-state index contributed by atoms with van der Waals surface area (Å²) >= 11 is 0. The standard InChI is InChI=1S/C64H110N2O51/c1-14(76)65-16(3-67)28(79)49(17(78)4-68)111-56-27(66-15(2)77)37(88)50(24(11-75)108-56)112-61-48(99)52(114-64-55(43(94)34(85)23(10-74)107-64)117-60-46(97)40(91)31(82)20(7-71)104-60)36(87)26(110-61)12-100-57-47(98)51(113-63-54(42(93)33(84)22(9-73)106-63)116-59-45(96)39(90)30(81)19(6-70)103-59)35(86)25(109-57)13-101-62-53(41(92)32(83)21(8-72)105-62)115-58-44(95)38(89)29(80)18(5-69)102-58/h16-64,67-75,78-99H,3-13H2,1-2H3,(H,65,76)(H,66,77)/t16-,17+,18+,19+,20+,21+,22+,23+,24+,25+,26+,27+,28+,29+,30+,31+,32+,33+,34+,35+,36+,37+,38-,39-,40-,41-,42-,43-,44-,45-,46-,47-,48-,49+,50+,51-,52-,53-,54-,55-,56?,57?,58?,59?,60?,61?,62?,63?,64?/m0/s1. The Balaban J connectivity index is 1.09. The molecule has 2 amide bonds. The quantitative estimate of drug-likeness (QED) is 0.0284. The third kappa shape index (κ3) is 21.7. The summed E-state index contributed by atoms with van der Waals surface area (Å²) in [6.07, 6.45) is -103. The molecule has 9 saturated heterocycles. The number of aliphatic hydroxyl groups is 31. The van der Waals surface area contributed by atoms with Gasteiger partial charge in [0.2, 0.25) is 11.8 Å². The van der Waals surface area contributed by atoms with E-state index in [1.165, 1.54) is 0 Å². The van der Waals surface area contributed by atoms with Gasteiger partial charge in [0.25, 0.3) is 0 Å². The summed E-state index contributed by atoms with van der Waals surface area (Å²) in [7, 11) is 0. The van der Waals surface area contributed by atoms with E-state index in [1.807, 2.05) is 0 Å². The van der Waals surface area contributed by atoms with Crippen LogP contribution >= 0.6 is 0 Å². The van der Waals surface area contributed by atoms with Gasteiger partial charge in [-0.2, -0.15) is 0 Å². The lowest BCUT2D eigenvalue weighted by molar-refractivity contribution is -0.401. The lowest BCUT2D eigenvalue weighted by atomic mass is 9.94. The van der Waals surface area contributed by atoms with Gasteiger partial charge >= 0.3 is 0 Å². The summed E-state index contributed by atoms with van der Waals surface area (Å²) in [6.45, 7) is -10.7. The summed E-state index contributed by atoms with van der Waals surface area (Å²) < 4.78 is 105. The number of carbonyl (C=O) groups excluding carboxylic acids is 2. The predicted molar refractivity (Wildman–Crippen MR) is 355 cm³/mol. The number of rotatable bonds is 34. The molecular formula is C64H110N2O51. The summed E-state index contributed by atoms with van der Waals surface area (Å²) in [6, 6.07) is -3.68. The van der Waals surface area contributed by atoms with Gasteiger partial charge in [0.1, 0.15) is 238 Å². The van der Waals surface area contributed by atoms with E-state index in [-0.39, 0.29) is 0 Å². The van der Waals surface area contributed by atoms with Gasteiger partial charge in [0.15, 0.2) is 56.6 Å². The highest BCUT2D eigenvalue weighted by Crippen LogP contribution is 2.40. The normalized spacial score (nSPS) is 48.6. The lowest BCUT2D eigenvalue weighted by Crippen LogP contribution is -2.69. The van der Waals surface area contributed by atoms with Crippen molar-refractivity contribution in [1.82, 2.24) is 10.6 Å². The third-order valence-electron chi connectivity index (χ3n) is 21.3. The molecular weight excluding hydrogens is 1610 g/mol. The van der Waals surface area contributed by atoms with E-state index >= 15 is 0 Å². The summed E-state index contributed by atoms with van der Waals surface area (Å²) in [5, 5.41) is 346. The zero-order chi connectivity index (χ0) is 86.4. The SMILES string of the molecule is CC(=O)N[C@@H](CO)[C@@H](O)[C@H](OC1O[C@H](CO)[C@@H](OC2O[C@H](COC3O[C@H](COC4O[C@H](CO)[C@@H](O)[C@H](O)[C@@H]4OC4O[C@H](CO)[C@@H](O)[C@H](O)[C@@H]4O)[C@@H](O)[C@H](OC4O[C@H](CO)[C@@H](O)[C@H](O)[C@@H]4OC4O[C@H](CO)[C@@H](O)[C@H](O)[C@@H]4O)[C@@H]3O)[C@@H](O)[C@H](OC3O[C@H](CO)[C@@H](O)[C@H](O)[C@@H]3OC3O[C@H](CO)[C@@H](O)[C@H](O)[C@@H]3O)[C@@H]2O)[C@H](O)[C@H]1NC(C)=O)[C@H](O)CO. The number of amides is 2. The molecule has 9 aliphatic heterocycles. The maximum Gasteiger partial charge on any atom is 0.217 e. The van der Waals surface area contributed by atoms with E-state index < -0.39 is 385 Å². The molecule has 9 rings (SSSR count). The van der Waals surface area contributed by atoms with Gasteiger partial charge in [-0.3, -0.25) is 9.59 Å². The van der Waals surface area contributed by atoms with Crippen molar-refractivity contribution in [3.05, 3.63) is 0 Å². The molecule has 0 bridgehead atoms. The molecule has 0 spiro atoms. The van der Waals surface area contributed by atoms with E-state index in [0.717, 1.165) is 13.8 Å². The highest BCUT2D eigenvalue weighted by molar-refractivity contribution is 5.73. The number of carbonyl (C=O) groups is 2. The van der Waals surface area contributed by atoms with Crippen LogP contribution in [0.25, 0.3) is 0 Å². The predicted octanol–water partition coefficient (Wildman–Crippen LogP) is -22.9. The van der Waals surface area contributed by atoms with Gasteiger partial charge in [0, 0.05) is 13.8 Å². The van der Waals surface area contributed by atoms with Gasteiger partial charge in [-0.15, -0.1) is 0 Å². The van der Waals surface area contributed by atoms with Crippen LogP contribution in [-0.4, -0.2) is 543 Å². The van der Waals surface area contributed by atoms with Crippen LogP contribution in [0.2, 0.25) is 0 Å². The smallest absolute Gasteiger partial charge is 0.217 e. The molecule has 0 aromatic heterocycles. The number of aliphatic hydroxyl groups excluding tert-OH is 31. The highest BCUT2D eigenvalue weighted by atomic mass is 16.8. The second-order valence-electron chi connectivity index (χ2n) is 29.3. The summed E-state index contributed by atoms with van der Waals surface area (Å²) in [4.78, 5) is 25.0. The Kier molecular flexibility index (Phi) is 36.1. The van der Waals surface area contributed by atoms with Gasteiger partial charge in [-0.25, -0.2) is 0 Å². The first kappa shape index (κ1) is 97.8. The lowest BCUT2D eigenvalue weighted by Gasteiger charge is -2.50. The molecule has 9 heterocycles. The van der Waals surface area contributed by atoms with Crippen molar-refractivity contribution in [2.45, 2.75) is 314 Å². The van der Waals surface area contributed by atoms with E-state index in [0.29, 0.717) is 0 Å². The van der Waals surface area contributed by atoms with Crippen molar-refractivity contribution in [1.29, 1.82) is 0 Å². The molecule has 9 unspecified atom stereocenters. The van der Waals surface area contributed by atoms with Crippen LogP contribution in [0.4, 0.5) is 0 Å². The minimum Gasteiger partial charge on any atom is -0.394 e. The number of ether oxygens (including phenoxy) is 18. The van der Waals surface area contributed by atoms with Crippen LogP contribution in [0.5, 0.6) is 0 Å². The van der Waals surface area contributed by atoms with E-state index in [2.05, 4.69) is 10.6 Å². The Hall–Kier alpha value is -3.02. The summed E-state index contributed by atoms with van der Waals surface area (Å²) in [5.41, 5.74) is 0. The van der Waals surface area contributed by atoms with Gasteiger partial charge < -0.3 is 254 Å². The number of hydrogen-bond donors (Lipinski definition) is 33. The Morgan fingerprint density at radius 2 is 0.590 bits per heavy atom. The van der Waals surface area contributed by atoms with Crippen LogP contribution < -0.4 is 10.6 Å². The molecule has 0 aromatic carbocycles. The molecule has 33 N–H and O–H groups in total. The molecule has 53 heteroatoms. The van der Waals surface area contributed by atoms with Gasteiger partial charge in [-0.1, -0.05) is 0 Å². The van der Waals surface area contributed by atoms with Crippen LogP contribution in [0.15, 0.2) is 0 Å². The average Bonchev–Trinajstić information content (AvgIpc) is 0.771. The van der Waals surface area contributed by atoms with Crippen molar-refractivity contribution in [3.63, 3.8) is 0 Å². The van der Waals surface area contributed by atoms with Crippen LogP contribution in [0.1, 0.15) is 13.8 Å². The van der Waals surface area contributed by atoms with E-state index in [4.69, 9.17) is 85.3 Å². The zero-order valence-corrected chi connectivity index (χ0v) is 62.1. The van der Waals surface area contributed by atoms with E-state index in [1.54, 1.807) is 0 Å². The van der Waals surface area contributed by atoms with Crippen molar-refractivity contribution in [2.24, 2.45) is 0 Å². The Bertz CT molecular complexity index is 2990. The zero-order valence-electron chi connectivity index (χ0n) is 62.1. The van der Waals surface area contributed by atoms with Crippen molar-refractivity contribution >= 4 is 11.8 Å². The third-order valence-corrected chi connectivity index (χ3v) is 21.3. The number of nitrogens with one attached hydrogen (secondary N) is 2. The molecule has 682 valence electrons. The molecule has 0 radical (unpaired) electrons. The van der Waals surface area contributed by atoms with Gasteiger partial charge in [0.05, 0.1) is 78.7 Å². The van der Waals surface area contributed by atoms with Gasteiger partial charge in [-0.05, 0) is 0 Å². The number of hydrogen-bond acceptors (Lipinski definition) is 51. The second-order valence-corrected chi connectivity index (χ2v) is 29.3. The monoisotopic (exact) mass is 1720 g/mol. The second kappa shape index (κ2) is 43.3. The molecule has 9 aliphatic rings. The Morgan fingerprint density at radius 3 is 0.949 bits per heavy atom. The van der Waals surface area contributed by atoms with Crippen molar-refractivity contribution in [3.8, 4) is 0 Å². The first-order chi connectivity index (χ1) is 55.4. The minimum absolute atomic E-state index is 0.828. The molecule has 0 aliphatic carbocycles. The molecule has 117 heavy (non-hydrogen) atoms. The fourth-order valence-electron chi connectivity index (χ4n) is 14.6. The highest BCUT2D eigenvalue weighted by Gasteiger charge is 2.61. The first-order valence-electron chi connectivity index (χ1n) is 37.1. The van der Waals surface area contributed by atoms with E-state index in [9.17, 15) is 168 Å². The molecule has 0 aromatic rings. The van der Waals surface area contributed by atoms with Crippen molar-refractivity contribution < 1.29 is 253 Å². The average molecular weight is 1720 g/mol. The largest absolute Gasteiger partial charge is 0.394 e. The molecule has 49 atom stereocenters. The fraction of sp³-hybridized carbons (Fsp3) is 0.969. The van der Waals surface area contributed by atoms with Crippen LogP contribution in [0, 0.1) is 0 Å². The van der Waals surface area contributed by atoms with Crippen LogP contribution in [0.3, 0.4) is 0 Å².